The van der Waals surface area contributed by atoms with Crippen LogP contribution in [0.1, 0.15) is 94.9 Å². The Morgan fingerprint density at radius 1 is 0.667 bits per heavy atom. The summed E-state index contributed by atoms with van der Waals surface area (Å²) in [5.74, 6) is -0.0782. The van der Waals surface area contributed by atoms with E-state index in [1.165, 1.54) is 5.56 Å². The molecule has 0 amide bonds. The molecule has 0 unspecified atom stereocenters. The highest BCUT2D eigenvalue weighted by molar-refractivity contribution is 6.11. The molecule has 0 aliphatic rings. The Balaban J connectivity index is 2.60. The van der Waals surface area contributed by atoms with E-state index in [9.17, 15) is 9.90 Å². The number of hydrogen-bond donors (Lipinski definition) is 1. The van der Waals surface area contributed by atoms with Gasteiger partial charge in [0.05, 0.1) is 5.56 Å². The van der Waals surface area contributed by atoms with Crippen LogP contribution in [0, 0.1) is 0 Å². The van der Waals surface area contributed by atoms with E-state index < -0.39 is 0 Å². The van der Waals surface area contributed by atoms with E-state index >= 15 is 0 Å². The van der Waals surface area contributed by atoms with Crippen molar-refractivity contribution >= 4 is 5.78 Å². The zero-order chi connectivity index (χ0) is 20.8. The highest BCUT2D eigenvalue weighted by Gasteiger charge is 2.27. The Hall–Kier alpha value is -2.09. The van der Waals surface area contributed by atoms with Gasteiger partial charge in [-0.05, 0) is 45.1 Å². The van der Waals surface area contributed by atoms with E-state index in [0.717, 1.165) is 11.1 Å². The number of carbonyl (C=O) groups excluding carboxylic acids is 1. The molecule has 0 saturated carbocycles. The molecule has 1 N–H and O–H groups in total. The lowest BCUT2D eigenvalue weighted by atomic mass is 9.77. The average molecular weight is 367 g/mol. The molecule has 2 aromatic carbocycles. The van der Waals surface area contributed by atoms with E-state index in [4.69, 9.17) is 0 Å². The Labute approximate surface area is 164 Å². The summed E-state index contributed by atoms with van der Waals surface area (Å²) < 4.78 is 0. The molecule has 0 heterocycles. The summed E-state index contributed by atoms with van der Waals surface area (Å²) in [4.78, 5) is 13.3. The van der Waals surface area contributed by atoms with E-state index in [1.54, 1.807) is 12.1 Å². The third kappa shape index (κ3) is 4.61. The fraction of sp³-hybridized carbons (Fsp3) is 0.480. The minimum Gasteiger partial charge on any atom is -0.507 e. The molecule has 2 aromatic rings. The van der Waals surface area contributed by atoms with Crippen molar-refractivity contribution in [3.63, 3.8) is 0 Å². The molecule has 0 fully saturated rings. The second-order valence-corrected chi connectivity index (χ2v) is 10.6. The van der Waals surface area contributed by atoms with Gasteiger partial charge in [-0.3, -0.25) is 4.79 Å². The van der Waals surface area contributed by atoms with E-state index in [2.05, 4.69) is 68.4 Å². The lowest BCUT2D eigenvalue weighted by Gasteiger charge is -2.27. The molecule has 146 valence electrons. The van der Waals surface area contributed by atoms with Crippen LogP contribution in [0.4, 0.5) is 0 Å². The fourth-order valence-corrected chi connectivity index (χ4v) is 3.16. The molecule has 0 aromatic heterocycles. The Morgan fingerprint density at radius 3 is 1.52 bits per heavy atom. The van der Waals surface area contributed by atoms with Gasteiger partial charge in [0.1, 0.15) is 5.75 Å². The van der Waals surface area contributed by atoms with Crippen LogP contribution in [-0.2, 0) is 16.2 Å². The first-order valence-corrected chi connectivity index (χ1v) is 9.65. The fourth-order valence-electron chi connectivity index (χ4n) is 3.16. The van der Waals surface area contributed by atoms with Gasteiger partial charge in [-0.15, -0.1) is 0 Å². The van der Waals surface area contributed by atoms with Crippen molar-refractivity contribution in [2.45, 2.75) is 78.6 Å². The molecule has 27 heavy (non-hydrogen) atoms. The zero-order valence-electron chi connectivity index (χ0n) is 18.3. The lowest BCUT2D eigenvalue weighted by molar-refractivity contribution is 0.103. The smallest absolute Gasteiger partial charge is 0.197 e. The van der Waals surface area contributed by atoms with Crippen molar-refractivity contribution in [2.75, 3.05) is 0 Å². The number of phenolic OH excluding ortho intramolecular Hbond substituents is 1. The molecule has 2 nitrogen and oxygen atoms in total. The van der Waals surface area contributed by atoms with Gasteiger partial charge in [0, 0.05) is 5.56 Å². The summed E-state index contributed by atoms with van der Waals surface area (Å²) in [5.41, 5.74) is 4.01. The first kappa shape index (κ1) is 21.2. The summed E-state index contributed by atoms with van der Waals surface area (Å²) >= 11 is 0. The van der Waals surface area contributed by atoms with E-state index in [0.29, 0.717) is 11.1 Å². The number of carbonyl (C=O) groups is 1. The zero-order valence-corrected chi connectivity index (χ0v) is 18.3. The predicted octanol–water partition coefficient (Wildman–Crippen LogP) is 6.52. The number of aromatic hydroxyl groups is 1. The van der Waals surface area contributed by atoms with Crippen molar-refractivity contribution in [1.82, 2.24) is 0 Å². The topological polar surface area (TPSA) is 37.3 Å². The molecule has 0 atom stereocenters. The van der Waals surface area contributed by atoms with E-state index in [1.807, 2.05) is 18.2 Å². The normalized spacial score (nSPS) is 12.9. The Bertz CT molecular complexity index is 853. The van der Waals surface area contributed by atoms with Gasteiger partial charge < -0.3 is 5.11 Å². The summed E-state index contributed by atoms with van der Waals surface area (Å²) in [6.45, 7) is 19.1. The van der Waals surface area contributed by atoms with Crippen LogP contribution >= 0.6 is 0 Å². The van der Waals surface area contributed by atoms with Gasteiger partial charge in [-0.1, -0.05) is 86.6 Å². The third-order valence-electron chi connectivity index (χ3n) is 5.05. The van der Waals surface area contributed by atoms with Crippen LogP contribution < -0.4 is 0 Å². The predicted molar refractivity (Wildman–Crippen MR) is 114 cm³/mol. The van der Waals surface area contributed by atoms with Gasteiger partial charge in [-0.2, -0.15) is 0 Å². The van der Waals surface area contributed by atoms with Crippen LogP contribution in [0.2, 0.25) is 0 Å². The Kier molecular flexibility index (Phi) is 5.35. The van der Waals surface area contributed by atoms with Crippen molar-refractivity contribution in [3.05, 3.63) is 64.2 Å². The maximum absolute atomic E-state index is 13.3. The molecule has 0 aliphatic carbocycles. The molecular weight excluding hydrogens is 332 g/mol. The van der Waals surface area contributed by atoms with Gasteiger partial charge >= 0.3 is 0 Å². The van der Waals surface area contributed by atoms with Crippen LogP contribution in [0.15, 0.2) is 36.4 Å². The van der Waals surface area contributed by atoms with Crippen molar-refractivity contribution in [2.24, 2.45) is 0 Å². The molecule has 0 saturated heterocycles. The third-order valence-corrected chi connectivity index (χ3v) is 5.05. The summed E-state index contributed by atoms with van der Waals surface area (Å²) in [5, 5.41) is 10.5. The second kappa shape index (κ2) is 6.82. The molecular formula is C25H34O2. The highest BCUT2D eigenvalue weighted by atomic mass is 16.3. The first-order valence-electron chi connectivity index (χ1n) is 9.65. The van der Waals surface area contributed by atoms with Crippen LogP contribution in [-0.4, -0.2) is 10.9 Å². The molecule has 0 spiro atoms. The highest BCUT2D eigenvalue weighted by Crippen LogP contribution is 2.34. The second-order valence-electron chi connectivity index (χ2n) is 10.6. The largest absolute Gasteiger partial charge is 0.507 e. The summed E-state index contributed by atoms with van der Waals surface area (Å²) in [6.07, 6.45) is 0. The number of hydrogen-bond acceptors (Lipinski definition) is 2. The number of benzene rings is 2. The minimum absolute atomic E-state index is 0.0120. The standard InChI is InChI=1S/C25H34O2/c1-23(2,3)16-10-12-18(20(14-16)25(7,8)9)22(27)19-13-11-17(15-21(19)26)24(4,5)6/h10-15,26H,1-9H3. The van der Waals surface area contributed by atoms with Gasteiger partial charge in [-0.25, -0.2) is 0 Å². The Morgan fingerprint density at radius 2 is 1.11 bits per heavy atom. The maximum Gasteiger partial charge on any atom is 0.197 e. The van der Waals surface area contributed by atoms with Crippen molar-refractivity contribution in [1.29, 1.82) is 0 Å². The number of phenols is 1. The van der Waals surface area contributed by atoms with Gasteiger partial charge in [0.15, 0.2) is 5.78 Å². The van der Waals surface area contributed by atoms with Crippen LogP contribution in [0.3, 0.4) is 0 Å². The first-order chi connectivity index (χ1) is 12.1. The van der Waals surface area contributed by atoms with Crippen molar-refractivity contribution in [3.8, 4) is 5.75 Å². The van der Waals surface area contributed by atoms with E-state index in [-0.39, 0.29) is 27.8 Å². The minimum atomic E-state index is -0.173. The van der Waals surface area contributed by atoms with Gasteiger partial charge in [0.25, 0.3) is 0 Å². The quantitative estimate of drug-likeness (QED) is 0.615. The number of rotatable bonds is 2. The molecule has 2 rings (SSSR count). The van der Waals surface area contributed by atoms with Crippen LogP contribution in [0.25, 0.3) is 0 Å². The SMILES string of the molecule is CC(C)(C)c1ccc(C(=O)c2ccc(C(C)(C)C)cc2C(C)(C)C)c(O)c1. The maximum atomic E-state index is 13.3. The van der Waals surface area contributed by atoms with Crippen molar-refractivity contribution < 1.29 is 9.90 Å². The molecule has 0 radical (unpaired) electrons. The lowest BCUT2D eigenvalue weighted by Crippen LogP contribution is -2.20. The monoisotopic (exact) mass is 366 g/mol. The summed E-state index contributed by atoms with van der Waals surface area (Å²) in [7, 11) is 0. The average Bonchev–Trinajstić information content (AvgIpc) is 2.51. The van der Waals surface area contributed by atoms with Crippen LogP contribution in [0.5, 0.6) is 5.75 Å². The number of ketones is 1. The molecule has 2 heteroatoms. The molecule has 0 bridgehead atoms. The molecule has 0 aliphatic heterocycles. The van der Waals surface area contributed by atoms with Gasteiger partial charge in [0.2, 0.25) is 0 Å². The summed E-state index contributed by atoms with van der Waals surface area (Å²) in [6, 6.07) is 11.5.